The van der Waals surface area contributed by atoms with E-state index >= 15 is 0 Å². The summed E-state index contributed by atoms with van der Waals surface area (Å²) in [5.41, 5.74) is 1.76. The van der Waals surface area contributed by atoms with E-state index < -0.39 is 21.5 Å². The lowest BCUT2D eigenvalue weighted by Gasteiger charge is -2.07. The SMILES string of the molecule is Cc1ccsc1CNC(=O)CS(=O)(=O)Cc1cccc(Br)c1. The molecule has 1 aromatic carbocycles. The molecule has 0 fully saturated rings. The van der Waals surface area contributed by atoms with Crippen LogP contribution in [0.2, 0.25) is 0 Å². The van der Waals surface area contributed by atoms with Crippen molar-refractivity contribution in [2.24, 2.45) is 0 Å². The Morgan fingerprint density at radius 2 is 2.09 bits per heavy atom. The van der Waals surface area contributed by atoms with Crippen molar-refractivity contribution in [3.05, 3.63) is 56.2 Å². The van der Waals surface area contributed by atoms with Crippen LogP contribution >= 0.6 is 27.3 Å². The highest BCUT2D eigenvalue weighted by atomic mass is 79.9. The summed E-state index contributed by atoms with van der Waals surface area (Å²) >= 11 is 4.85. The number of rotatable bonds is 6. The van der Waals surface area contributed by atoms with Crippen LogP contribution in [0.15, 0.2) is 40.2 Å². The van der Waals surface area contributed by atoms with Crippen molar-refractivity contribution < 1.29 is 13.2 Å². The molecule has 22 heavy (non-hydrogen) atoms. The number of hydrogen-bond donors (Lipinski definition) is 1. The second-order valence-corrected chi connectivity index (χ2v) is 8.95. The zero-order valence-electron chi connectivity index (χ0n) is 12.0. The van der Waals surface area contributed by atoms with E-state index in [1.165, 1.54) is 0 Å². The monoisotopic (exact) mass is 401 g/mol. The Bertz CT molecular complexity index is 769. The van der Waals surface area contributed by atoms with E-state index in [1.54, 1.807) is 29.5 Å². The molecule has 1 aromatic heterocycles. The minimum atomic E-state index is -3.48. The van der Waals surface area contributed by atoms with Crippen LogP contribution in [-0.2, 0) is 26.9 Å². The van der Waals surface area contributed by atoms with Crippen molar-refractivity contribution in [1.82, 2.24) is 5.32 Å². The maximum atomic E-state index is 12.1. The third-order valence-electron chi connectivity index (χ3n) is 3.04. The van der Waals surface area contributed by atoms with Gasteiger partial charge in [-0.2, -0.15) is 0 Å². The molecule has 0 aliphatic carbocycles. The van der Waals surface area contributed by atoms with E-state index in [0.717, 1.165) is 14.9 Å². The van der Waals surface area contributed by atoms with Crippen LogP contribution in [0.25, 0.3) is 0 Å². The molecule has 1 N–H and O–H groups in total. The van der Waals surface area contributed by atoms with Gasteiger partial charge in [-0.3, -0.25) is 4.79 Å². The first kappa shape index (κ1) is 17.2. The molecule has 0 radical (unpaired) electrons. The third kappa shape index (κ3) is 5.23. The van der Waals surface area contributed by atoms with Gasteiger partial charge in [-0.25, -0.2) is 8.42 Å². The van der Waals surface area contributed by atoms with Gasteiger partial charge in [-0.15, -0.1) is 11.3 Å². The predicted molar refractivity (Wildman–Crippen MR) is 92.5 cm³/mol. The van der Waals surface area contributed by atoms with Crippen molar-refractivity contribution in [3.8, 4) is 0 Å². The number of halogens is 1. The summed E-state index contributed by atoms with van der Waals surface area (Å²) in [7, 11) is -3.48. The quantitative estimate of drug-likeness (QED) is 0.808. The van der Waals surface area contributed by atoms with Gasteiger partial charge in [0.2, 0.25) is 5.91 Å². The molecule has 2 rings (SSSR count). The van der Waals surface area contributed by atoms with Gasteiger partial charge in [0.05, 0.1) is 12.3 Å². The molecule has 2 aromatic rings. The van der Waals surface area contributed by atoms with Crippen molar-refractivity contribution in [3.63, 3.8) is 0 Å². The second-order valence-electron chi connectivity index (χ2n) is 4.97. The Labute approximate surface area is 142 Å². The summed E-state index contributed by atoms with van der Waals surface area (Å²) in [6, 6.07) is 9.04. The smallest absolute Gasteiger partial charge is 0.235 e. The number of benzene rings is 1. The zero-order valence-corrected chi connectivity index (χ0v) is 15.2. The van der Waals surface area contributed by atoms with Gasteiger partial charge in [-0.1, -0.05) is 28.1 Å². The number of sulfone groups is 1. The van der Waals surface area contributed by atoms with Crippen molar-refractivity contribution >= 4 is 43.0 Å². The summed E-state index contributed by atoms with van der Waals surface area (Å²) in [6.07, 6.45) is 0. The van der Waals surface area contributed by atoms with Gasteiger partial charge in [0, 0.05) is 9.35 Å². The molecule has 0 bridgehead atoms. The normalized spacial score (nSPS) is 11.4. The molecule has 4 nitrogen and oxygen atoms in total. The number of thiophene rings is 1. The van der Waals surface area contributed by atoms with E-state index in [9.17, 15) is 13.2 Å². The molecule has 1 heterocycles. The third-order valence-corrected chi connectivity index (χ3v) is 6.03. The Morgan fingerprint density at radius 3 is 2.73 bits per heavy atom. The summed E-state index contributed by atoms with van der Waals surface area (Å²) < 4.78 is 25.0. The molecule has 0 saturated heterocycles. The molecule has 0 saturated carbocycles. The van der Waals surface area contributed by atoms with Crippen LogP contribution in [-0.4, -0.2) is 20.1 Å². The Morgan fingerprint density at radius 1 is 1.32 bits per heavy atom. The van der Waals surface area contributed by atoms with E-state index in [0.29, 0.717) is 12.1 Å². The van der Waals surface area contributed by atoms with Crippen LogP contribution in [0.4, 0.5) is 0 Å². The zero-order chi connectivity index (χ0) is 16.2. The number of carbonyl (C=O) groups excluding carboxylic acids is 1. The van der Waals surface area contributed by atoms with Gasteiger partial charge < -0.3 is 5.32 Å². The number of amides is 1. The average molecular weight is 402 g/mol. The van der Waals surface area contributed by atoms with Crippen LogP contribution in [0.5, 0.6) is 0 Å². The Balaban J connectivity index is 1.91. The van der Waals surface area contributed by atoms with Crippen LogP contribution < -0.4 is 5.32 Å². The number of hydrogen-bond acceptors (Lipinski definition) is 4. The van der Waals surface area contributed by atoms with Crippen molar-refractivity contribution in [2.75, 3.05) is 5.75 Å². The molecule has 0 atom stereocenters. The Kier molecular flexibility index (Phi) is 5.77. The largest absolute Gasteiger partial charge is 0.350 e. The molecule has 0 unspecified atom stereocenters. The molecular weight excluding hydrogens is 386 g/mol. The van der Waals surface area contributed by atoms with Crippen LogP contribution in [0, 0.1) is 6.92 Å². The molecule has 0 spiro atoms. The highest BCUT2D eigenvalue weighted by molar-refractivity contribution is 9.10. The maximum Gasteiger partial charge on any atom is 0.235 e. The first-order valence-electron chi connectivity index (χ1n) is 6.60. The van der Waals surface area contributed by atoms with Gasteiger partial charge in [-0.05, 0) is 41.6 Å². The first-order valence-corrected chi connectivity index (χ1v) is 10.1. The molecular formula is C15H16BrNO3S2. The van der Waals surface area contributed by atoms with Gasteiger partial charge >= 0.3 is 0 Å². The summed E-state index contributed by atoms with van der Waals surface area (Å²) in [4.78, 5) is 12.9. The van der Waals surface area contributed by atoms with Gasteiger partial charge in [0.15, 0.2) is 9.84 Å². The second kappa shape index (κ2) is 7.39. The fourth-order valence-corrected chi connectivity index (χ4v) is 4.53. The standard InChI is InChI=1S/C15H16BrNO3S2/c1-11-5-6-21-14(11)8-17-15(18)10-22(19,20)9-12-3-2-4-13(16)7-12/h2-7H,8-10H2,1H3,(H,17,18). The van der Waals surface area contributed by atoms with Gasteiger partial charge in [0.1, 0.15) is 5.75 Å². The number of carbonyl (C=O) groups is 1. The van der Waals surface area contributed by atoms with E-state index in [2.05, 4.69) is 21.2 Å². The fourth-order valence-electron chi connectivity index (χ4n) is 1.95. The first-order chi connectivity index (χ1) is 10.4. The highest BCUT2D eigenvalue weighted by Gasteiger charge is 2.17. The number of nitrogens with one attached hydrogen (secondary N) is 1. The van der Waals surface area contributed by atoms with Crippen molar-refractivity contribution in [2.45, 2.75) is 19.2 Å². The van der Waals surface area contributed by atoms with Crippen LogP contribution in [0.3, 0.4) is 0 Å². The predicted octanol–water partition coefficient (Wildman–Crippen LogP) is 3.05. The molecule has 118 valence electrons. The summed E-state index contributed by atoms with van der Waals surface area (Å²) in [5, 5.41) is 4.61. The van der Waals surface area contributed by atoms with Gasteiger partial charge in [0.25, 0.3) is 0 Å². The lowest BCUT2D eigenvalue weighted by atomic mass is 10.2. The van der Waals surface area contributed by atoms with E-state index in [-0.39, 0.29) is 5.75 Å². The molecule has 0 aliphatic heterocycles. The lowest BCUT2D eigenvalue weighted by molar-refractivity contribution is -0.118. The van der Waals surface area contributed by atoms with E-state index in [1.807, 2.05) is 24.4 Å². The minimum absolute atomic E-state index is 0.141. The Hall–Kier alpha value is -1.18. The maximum absolute atomic E-state index is 12.1. The topological polar surface area (TPSA) is 63.2 Å². The molecule has 7 heteroatoms. The lowest BCUT2D eigenvalue weighted by Crippen LogP contribution is -2.30. The molecule has 1 amide bonds. The average Bonchev–Trinajstić information content (AvgIpc) is 2.80. The highest BCUT2D eigenvalue weighted by Crippen LogP contribution is 2.16. The minimum Gasteiger partial charge on any atom is -0.350 e. The summed E-state index contributed by atoms with van der Waals surface area (Å²) in [6.45, 7) is 2.33. The van der Waals surface area contributed by atoms with Crippen molar-refractivity contribution in [1.29, 1.82) is 0 Å². The number of aryl methyl sites for hydroxylation is 1. The van der Waals surface area contributed by atoms with E-state index in [4.69, 9.17) is 0 Å². The fraction of sp³-hybridized carbons (Fsp3) is 0.267. The van der Waals surface area contributed by atoms with Crippen LogP contribution in [0.1, 0.15) is 16.0 Å². The summed E-state index contributed by atoms with van der Waals surface area (Å²) in [5.74, 6) is -1.11. The molecule has 0 aliphatic rings.